The molecule has 2 heterocycles. The molecule has 0 bridgehead atoms. The molecular weight excluding hydrogens is 546 g/mol. The van der Waals surface area contributed by atoms with Gasteiger partial charge in [0.2, 0.25) is 11.8 Å². The van der Waals surface area contributed by atoms with Crippen molar-refractivity contribution in [2.75, 3.05) is 43.1 Å². The van der Waals surface area contributed by atoms with E-state index >= 15 is 0 Å². The van der Waals surface area contributed by atoms with Crippen LogP contribution in [0.1, 0.15) is 25.7 Å². The number of benzene rings is 2. The summed E-state index contributed by atoms with van der Waals surface area (Å²) in [7, 11) is 4.00. The van der Waals surface area contributed by atoms with Gasteiger partial charge in [-0.1, -0.05) is 0 Å². The molecule has 4 amide bonds. The molecule has 10 nitrogen and oxygen atoms in total. The third-order valence-electron chi connectivity index (χ3n) is 7.53. The number of hydrogen-bond acceptors (Lipinski definition) is 6. The molecule has 0 radical (unpaired) electrons. The van der Waals surface area contributed by atoms with E-state index in [2.05, 4.69) is 25.8 Å². The van der Waals surface area contributed by atoms with Crippen molar-refractivity contribution in [2.24, 2.45) is 5.41 Å². The summed E-state index contributed by atoms with van der Waals surface area (Å²) in [4.78, 5) is 46.5. The number of likely N-dealkylation sites (N-methyl/N-ethyl adjacent to an activating group) is 1. The first-order valence-corrected chi connectivity index (χ1v) is 13.7. The molecule has 1 aliphatic heterocycles. The van der Waals surface area contributed by atoms with Crippen LogP contribution in [0.5, 0.6) is 11.5 Å². The Hall–Kier alpha value is -4.58. The molecule has 1 saturated carbocycles. The van der Waals surface area contributed by atoms with Gasteiger partial charge in [0.05, 0.1) is 5.69 Å². The van der Waals surface area contributed by atoms with Crippen LogP contribution in [0.25, 0.3) is 0 Å². The summed E-state index contributed by atoms with van der Waals surface area (Å²) >= 11 is 0. The van der Waals surface area contributed by atoms with Crippen LogP contribution in [0.4, 0.5) is 30.8 Å². The molecule has 2 fully saturated rings. The highest BCUT2D eigenvalue weighted by Crippen LogP contribution is 2.47. The molecule has 220 valence electrons. The molecule has 1 atom stereocenters. The van der Waals surface area contributed by atoms with Crippen molar-refractivity contribution in [1.29, 1.82) is 0 Å². The maximum absolute atomic E-state index is 14.9. The van der Waals surface area contributed by atoms with Gasteiger partial charge in [-0.25, -0.2) is 18.6 Å². The minimum absolute atomic E-state index is 0.103. The maximum Gasteiger partial charge on any atom is 0.323 e. The second kappa shape index (κ2) is 12.1. The van der Waals surface area contributed by atoms with E-state index in [1.807, 2.05) is 14.1 Å². The lowest BCUT2D eigenvalue weighted by atomic mass is 10.0. The number of carbonyl (C=O) groups is 3. The maximum atomic E-state index is 14.9. The largest absolute Gasteiger partial charge is 0.457 e. The molecule has 12 heteroatoms. The first-order valence-electron chi connectivity index (χ1n) is 13.7. The molecule has 2 aliphatic rings. The van der Waals surface area contributed by atoms with Gasteiger partial charge in [-0.15, -0.1) is 0 Å². The third kappa shape index (κ3) is 6.65. The second-order valence-electron chi connectivity index (χ2n) is 10.8. The fourth-order valence-electron chi connectivity index (χ4n) is 4.80. The van der Waals surface area contributed by atoms with Crippen LogP contribution in [0.2, 0.25) is 0 Å². The molecule has 42 heavy (non-hydrogen) atoms. The van der Waals surface area contributed by atoms with Crippen molar-refractivity contribution < 1.29 is 27.9 Å². The predicted octanol–water partition coefficient (Wildman–Crippen LogP) is 5.07. The number of anilines is 3. The predicted molar refractivity (Wildman–Crippen MR) is 153 cm³/mol. The zero-order chi connectivity index (χ0) is 29.9. The molecule has 0 spiro atoms. The number of hydrogen-bond donors (Lipinski definition) is 3. The Morgan fingerprint density at radius 2 is 1.67 bits per heavy atom. The third-order valence-corrected chi connectivity index (χ3v) is 7.53. The van der Waals surface area contributed by atoms with Gasteiger partial charge in [0.1, 0.15) is 34.4 Å². The van der Waals surface area contributed by atoms with Crippen molar-refractivity contribution in [2.45, 2.75) is 31.7 Å². The fourth-order valence-corrected chi connectivity index (χ4v) is 4.80. The van der Waals surface area contributed by atoms with Crippen LogP contribution in [-0.2, 0) is 9.59 Å². The lowest BCUT2D eigenvalue weighted by molar-refractivity contribution is -0.131. The number of pyridine rings is 1. The minimum Gasteiger partial charge on any atom is -0.457 e. The minimum atomic E-state index is -1.32. The topological polar surface area (TPSA) is 116 Å². The van der Waals surface area contributed by atoms with E-state index in [4.69, 9.17) is 4.74 Å². The summed E-state index contributed by atoms with van der Waals surface area (Å²) in [5.41, 5.74) is -1.07. The number of likely N-dealkylation sites (tertiary alicyclic amines) is 1. The van der Waals surface area contributed by atoms with Gasteiger partial charge in [0, 0.05) is 43.1 Å². The molecular formula is C30H32F2N6O4. The first-order chi connectivity index (χ1) is 20.1. The quantitative estimate of drug-likeness (QED) is 0.322. The zero-order valence-electron chi connectivity index (χ0n) is 23.3. The number of amides is 4. The average Bonchev–Trinajstić information content (AvgIpc) is 3.78. The number of nitrogens with one attached hydrogen (secondary N) is 3. The lowest BCUT2D eigenvalue weighted by Crippen LogP contribution is -2.48. The summed E-state index contributed by atoms with van der Waals surface area (Å²) in [6, 6.07) is 12.3. The highest BCUT2D eigenvalue weighted by atomic mass is 19.1. The number of piperidine rings is 1. The number of aromatic nitrogens is 1. The van der Waals surface area contributed by atoms with E-state index in [0.717, 1.165) is 18.9 Å². The van der Waals surface area contributed by atoms with E-state index in [0.29, 0.717) is 49.2 Å². The fraction of sp³-hybridized carbons (Fsp3) is 0.333. The Balaban J connectivity index is 1.18. The van der Waals surface area contributed by atoms with Gasteiger partial charge >= 0.3 is 6.03 Å². The van der Waals surface area contributed by atoms with Gasteiger partial charge in [0.15, 0.2) is 0 Å². The number of rotatable bonds is 8. The summed E-state index contributed by atoms with van der Waals surface area (Å²) in [5, 5.41) is 7.90. The standard InChI is InChI=1S/C30H32F2N6O4/c1-37(2)21-4-3-15-38(18-21)29(41)36-26-17-23(11-14-33-26)42-22-9-10-25(24(32)16-22)35-28(40)30(12-13-30)27(39)34-20-7-5-19(31)6-8-20/h5-11,14,16-17,21H,3-4,12-13,15,18H2,1-2H3,(H,34,39)(H,35,40)(H,33,36,41). The SMILES string of the molecule is CN(C)C1CCCN(C(=O)Nc2cc(Oc3ccc(NC(=O)C4(C(=O)Nc5ccc(F)cc5)CC4)c(F)c3)ccn2)C1. The highest BCUT2D eigenvalue weighted by Gasteiger charge is 2.56. The number of halogens is 2. The summed E-state index contributed by atoms with van der Waals surface area (Å²) < 4.78 is 33.9. The monoisotopic (exact) mass is 578 g/mol. The van der Waals surface area contributed by atoms with Gasteiger partial charge in [-0.2, -0.15) is 0 Å². The molecule has 1 unspecified atom stereocenters. The Morgan fingerprint density at radius 3 is 2.36 bits per heavy atom. The van der Waals surface area contributed by atoms with Gasteiger partial charge in [-0.3, -0.25) is 14.9 Å². The van der Waals surface area contributed by atoms with Crippen molar-refractivity contribution >= 4 is 35.0 Å². The number of carbonyl (C=O) groups excluding carboxylic acids is 3. The lowest BCUT2D eigenvalue weighted by Gasteiger charge is -2.35. The van der Waals surface area contributed by atoms with E-state index in [-0.39, 0.29) is 17.5 Å². The van der Waals surface area contributed by atoms with E-state index in [1.165, 1.54) is 48.7 Å². The van der Waals surface area contributed by atoms with Crippen LogP contribution in [0.3, 0.4) is 0 Å². The normalized spacial score (nSPS) is 17.4. The molecule has 5 rings (SSSR count). The average molecular weight is 579 g/mol. The van der Waals surface area contributed by atoms with Crippen LogP contribution >= 0.6 is 0 Å². The van der Waals surface area contributed by atoms with Gasteiger partial charge < -0.3 is 25.2 Å². The van der Waals surface area contributed by atoms with Crippen molar-refractivity contribution in [1.82, 2.24) is 14.8 Å². The molecule has 3 aromatic rings. The van der Waals surface area contributed by atoms with Crippen LogP contribution in [0.15, 0.2) is 60.8 Å². The molecule has 1 aliphatic carbocycles. The second-order valence-corrected chi connectivity index (χ2v) is 10.8. The highest BCUT2D eigenvalue weighted by molar-refractivity contribution is 6.16. The van der Waals surface area contributed by atoms with Crippen molar-refractivity contribution in [3.05, 3.63) is 72.4 Å². The smallest absolute Gasteiger partial charge is 0.323 e. The van der Waals surface area contributed by atoms with Gasteiger partial charge in [-0.05, 0) is 82.2 Å². The van der Waals surface area contributed by atoms with Gasteiger partial charge in [0.25, 0.3) is 0 Å². The van der Waals surface area contributed by atoms with Crippen molar-refractivity contribution in [3.8, 4) is 11.5 Å². The number of urea groups is 1. The Bertz CT molecular complexity index is 1480. The molecule has 1 saturated heterocycles. The van der Waals surface area contributed by atoms with Crippen LogP contribution in [0, 0.1) is 17.0 Å². The van der Waals surface area contributed by atoms with E-state index in [1.54, 1.807) is 11.0 Å². The molecule has 2 aromatic carbocycles. The summed E-state index contributed by atoms with van der Waals surface area (Å²) in [5.74, 6) is -1.58. The Morgan fingerprint density at radius 1 is 0.952 bits per heavy atom. The number of ether oxygens (including phenoxy) is 1. The first kappa shape index (κ1) is 28.9. The van der Waals surface area contributed by atoms with E-state index < -0.39 is 28.9 Å². The van der Waals surface area contributed by atoms with E-state index in [9.17, 15) is 23.2 Å². The molecule has 1 aromatic heterocycles. The Kier molecular flexibility index (Phi) is 8.34. The molecule has 3 N–H and O–H groups in total. The zero-order valence-corrected chi connectivity index (χ0v) is 23.3. The van der Waals surface area contributed by atoms with Crippen molar-refractivity contribution in [3.63, 3.8) is 0 Å². The summed E-state index contributed by atoms with van der Waals surface area (Å²) in [6.45, 7) is 1.28. The summed E-state index contributed by atoms with van der Waals surface area (Å²) in [6.07, 6.45) is 4.04. The number of nitrogens with zero attached hydrogens (tertiary/aromatic N) is 3. The van der Waals surface area contributed by atoms with Crippen LogP contribution in [-0.4, -0.2) is 65.9 Å². The van der Waals surface area contributed by atoms with Crippen LogP contribution < -0.4 is 20.7 Å². The Labute approximate surface area is 242 Å².